The van der Waals surface area contributed by atoms with E-state index in [2.05, 4.69) is 12.3 Å². The molecule has 0 aromatic rings. The van der Waals surface area contributed by atoms with Crippen molar-refractivity contribution in [3.8, 4) is 0 Å². The van der Waals surface area contributed by atoms with Gasteiger partial charge in [-0.1, -0.05) is 32.6 Å². The number of ether oxygens (including phenoxy) is 1. The molecule has 0 fully saturated rings. The first kappa shape index (κ1) is 12.9. The summed E-state index contributed by atoms with van der Waals surface area (Å²) in [6.45, 7) is 3.02. The topological polar surface area (TPSA) is 47.3 Å². The molecule has 3 N–H and O–H groups in total. The number of hydrogen-bond acceptors (Lipinski definition) is 3. The van der Waals surface area contributed by atoms with Gasteiger partial charge in [0.2, 0.25) is 0 Å². The number of nitrogens with two attached hydrogens (primary N) is 1. The van der Waals surface area contributed by atoms with Crippen LogP contribution in [0.25, 0.3) is 0 Å². The summed E-state index contributed by atoms with van der Waals surface area (Å²) in [5.41, 5.74) is 2.83. The molecule has 0 saturated heterocycles. The number of nitrogens with one attached hydrogen (secondary N) is 1. The molecule has 0 heterocycles. The minimum absolute atomic E-state index is 0.428. The second kappa shape index (κ2) is 9.96. The molecule has 3 nitrogen and oxygen atoms in total. The molecule has 1 unspecified atom stereocenters. The highest BCUT2D eigenvalue weighted by molar-refractivity contribution is 4.62. The third-order valence-corrected chi connectivity index (χ3v) is 2.31. The van der Waals surface area contributed by atoms with E-state index >= 15 is 0 Å². The molecular weight excluding hydrogens is 164 g/mol. The lowest BCUT2D eigenvalue weighted by Crippen LogP contribution is -2.35. The number of hydrogen-bond donors (Lipinski definition) is 2. The Balaban J connectivity index is 3.25. The van der Waals surface area contributed by atoms with Crippen LogP contribution in [0.4, 0.5) is 0 Å². The van der Waals surface area contributed by atoms with E-state index in [1.54, 1.807) is 7.11 Å². The third kappa shape index (κ3) is 8.22. The van der Waals surface area contributed by atoms with Crippen molar-refractivity contribution in [1.29, 1.82) is 0 Å². The maximum Gasteiger partial charge on any atom is 0.0477 e. The lowest BCUT2D eigenvalue weighted by atomic mass is 10.1. The minimum atomic E-state index is 0.428. The van der Waals surface area contributed by atoms with Crippen molar-refractivity contribution in [2.45, 2.75) is 51.5 Å². The largest absolute Gasteiger partial charge is 0.385 e. The standard InChI is InChI=1S/C10H24N2O/c1-3-4-5-6-7-10(12-11)8-9-13-2/h10,12H,3-9,11H2,1-2H3. The molecule has 80 valence electrons. The Bertz CT molecular complexity index is 98.9. The van der Waals surface area contributed by atoms with Crippen LogP contribution in [0, 0.1) is 0 Å². The molecule has 0 aromatic carbocycles. The summed E-state index contributed by atoms with van der Waals surface area (Å²) in [7, 11) is 1.73. The predicted molar refractivity (Wildman–Crippen MR) is 56.4 cm³/mol. The molecule has 0 spiro atoms. The molecule has 0 bridgehead atoms. The Hall–Kier alpha value is -0.120. The van der Waals surface area contributed by atoms with Gasteiger partial charge in [-0.2, -0.15) is 0 Å². The molecule has 1 atom stereocenters. The first-order valence-electron chi connectivity index (χ1n) is 5.30. The number of unbranched alkanes of at least 4 members (excludes halogenated alkanes) is 3. The fraction of sp³-hybridized carbons (Fsp3) is 1.00. The average molecular weight is 188 g/mol. The summed E-state index contributed by atoms with van der Waals surface area (Å²) in [5.74, 6) is 5.42. The Morgan fingerprint density at radius 3 is 2.54 bits per heavy atom. The van der Waals surface area contributed by atoms with E-state index < -0.39 is 0 Å². The fourth-order valence-electron chi connectivity index (χ4n) is 1.39. The molecule has 0 aliphatic rings. The third-order valence-electron chi connectivity index (χ3n) is 2.31. The van der Waals surface area contributed by atoms with Crippen LogP contribution in [-0.4, -0.2) is 19.8 Å². The van der Waals surface area contributed by atoms with Gasteiger partial charge in [0.25, 0.3) is 0 Å². The van der Waals surface area contributed by atoms with Crippen molar-refractivity contribution >= 4 is 0 Å². The van der Waals surface area contributed by atoms with Crippen LogP contribution in [0.2, 0.25) is 0 Å². The van der Waals surface area contributed by atoms with Crippen molar-refractivity contribution in [3.63, 3.8) is 0 Å². The van der Waals surface area contributed by atoms with Crippen LogP contribution < -0.4 is 11.3 Å². The van der Waals surface area contributed by atoms with Crippen LogP contribution in [-0.2, 0) is 4.74 Å². The van der Waals surface area contributed by atoms with Crippen molar-refractivity contribution in [3.05, 3.63) is 0 Å². The molecule has 0 amide bonds. The number of rotatable bonds is 9. The zero-order valence-corrected chi connectivity index (χ0v) is 9.01. The molecule has 0 aliphatic heterocycles. The Morgan fingerprint density at radius 2 is 2.00 bits per heavy atom. The maximum atomic E-state index is 5.42. The van der Waals surface area contributed by atoms with E-state index in [0.29, 0.717) is 6.04 Å². The molecule has 0 aromatic heterocycles. The number of hydrazine groups is 1. The SMILES string of the molecule is CCCCCCC(CCOC)NN. The Morgan fingerprint density at radius 1 is 1.23 bits per heavy atom. The molecule has 0 saturated carbocycles. The monoisotopic (exact) mass is 188 g/mol. The normalized spacial score (nSPS) is 13.2. The lowest BCUT2D eigenvalue weighted by Gasteiger charge is -2.14. The lowest BCUT2D eigenvalue weighted by molar-refractivity contribution is 0.180. The van der Waals surface area contributed by atoms with Crippen LogP contribution in [0.15, 0.2) is 0 Å². The van der Waals surface area contributed by atoms with Gasteiger partial charge in [-0.3, -0.25) is 11.3 Å². The van der Waals surface area contributed by atoms with Gasteiger partial charge < -0.3 is 4.74 Å². The van der Waals surface area contributed by atoms with Crippen molar-refractivity contribution in [2.75, 3.05) is 13.7 Å². The van der Waals surface area contributed by atoms with E-state index in [4.69, 9.17) is 10.6 Å². The van der Waals surface area contributed by atoms with Gasteiger partial charge >= 0.3 is 0 Å². The van der Waals surface area contributed by atoms with Gasteiger partial charge in [0.1, 0.15) is 0 Å². The van der Waals surface area contributed by atoms with Crippen LogP contribution in [0.1, 0.15) is 45.4 Å². The first-order valence-corrected chi connectivity index (χ1v) is 5.30. The van der Waals surface area contributed by atoms with E-state index in [9.17, 15) is 0 Å². The molecule has 3 heteroatoms. The Kier molecular flexibility index (Phi) is 9.87. The van der Waals surface area contributed by atoms with E-state index in [0.717, 1.165) is 13.0 Å². The highest BCUT2D eigenvalue weighted by atomic mass is 16.5. The maximum absolute atomic E-state index is 5.42. The summed E-state index contributed by atoms with van der Waals surface area (Å²) in [5, 5.41) is 0. The predicted octanol–water partition coefficient (Wildman–Crippen LogP) is 1.83. The summed E-state index contributed by atoms with van der Waals surface area (Å²) in [6, 6.07) is 0.428. The van der Waals surface area contributed by atoms with E-state index in [1.807, 2.05) is 0 Å². The quantitative estimate of drug-likeness (QED) is 0.330. The summed E-state index contributed by atoms with van der Waals surface area (Å²) >= 11 is 0. The molecule has 13 heavy (non-hydrogen) atoms. The highest BCUT2D eigenvalue weighted by Crippen LogP contribution is 2.07. The van der Waals surface area contributed by atoms with Crippen LogP contribution in [0.5, 0.6) is 0 Å². The number of methoxy groups -OCH3 is 1. The molecule has 0 radical (unpaired) electrons. The van der Waals surface area contributed by atoms with E-state index in [1.165, 1.54) is 32.1 Å². The summed E-state index contributed by atoms with van der Waals surface area (Å²) in [6.07, 6.45) is 7.40. The second-order valence-electron chi connectivity index (χ2n) is 3.49. The van der Waals surface area contributed by atoms with Gasteiger partial charge in [0.05, 0.1) is 0 Å². The smallest absolute Gasteiger partial charge is 0.0477 e. The summed E-state index contributed by atoms with van der Waals surface area (Å²) in [4.78, 5) is 0. The molecule has 0 rings (SSSR count). The Labute approximate surface area is 82.0 Å². The fourth-order valence-corrected chi connectivity index (χ4v) is 1.39. The minimum Gasteiger partial charge on any atom is -0.385 e. The van der Waals surface area contributed by atoms with Gasteiger partial charge in [-0.25, -0.2) is 0 Å². The summed E-state index contributed by atoms with van der Waals surface area (Å²) < 4.78 is 5.01. The van der Waals surface area contributed by atoms with Gasteiger partial charge in [0, 0.05) is 19.8 Å². The highest BCUT2D eigenvalue weighted by Gasteiger charge is 2.04. The zero-order valence-electron chi connectivity index (χ0n) is 9.01. The first-order chi connectivity index (χ1) is 6.35. The van der Waals surface area contributed by atoms with Gasteiger partial charge in [0.15, 0.2) is 0 Å². The van der Waals surface area contributed by atoms with Crippen LogP contribution in [0.3, 0.4) is 0 Å². The van der Waals surface area contributed by atoms with Crippen LogP contribution >= 0.6 is 0 Å². The van der Waals surface area contributed by atoms with Gasteiger partial charge in [-0.15, -0.1) is 0 Å². The van der Waals surface area contributed by atoms with Crippen molar-refractivity contribution in [1.82, 2.24) is 5.43 Å². The average Bonchev–Trinajstić information content (AvgIpc) is 2.17. The molecular formula is C10H24N2O. The molecule has 0 aliphatic carbocycles. The van der Waals surface area contributed by atoms with Crippen molar-refractivity contribution < 1.29 is 4.74 Å². The van der Waals surface area contributed by atoms with Gasteiger partial charge in [-0.05, 0) is 12.8 Å². The van der Waals surface area contributed by atoms with Crippen molar-refractivity contribution in [2.24, 2.45) is 5.84 Å². The zero-order chi connectivity index (χ0) is 9.94. The second-order valence-corrected chi connectivity index (χ2v) is 3.49. The van der Waals surface area contributed by atoms with E-state index in [-0.39, 0.29) is 0 Å².